The second-order valence-corrected chi connectivity index (χ2v) is 3.36. The number of fused-ring (bicyclic) bond motifs is 1. The van der Waals surface area contributed by atoms with Gasteiger partial charge in [0.15, 0.2) is 11.5 Å². The summed E-state index contributed by atoms with van der Waals surface area (Å²) in [6.45, 7) is 1.61. The SMILES string of the molecule is COC1=C(C)C(=O)c2ccccc2C1=O. The van der Waals surface area contributed by atoms with Crippen molar-refractivity contribution in [2.45, 2.75) is 6.92 Å². The molecule has 2 rings (SSSR count). The number of carbonyl (C=O) groups is 2. The topological polar surface area (TPSA) is 43.4 Å². The molecule has 0 spiro atoms. The fourth-order valence-corrected chi connectivity index (χ4v) is 1.72. The van der Waals surface area contributed by atoms with Crippen molar-refractivity contribution in [3.63, 3.8) is 0 Å². The average molecular weight is 202 g/mol. The summed E-state index contributed by atoms with van der Waals surface area (Å²) in [4.78, 5) is 23.7. The minimum Gasteiger partial charge on any atom is -0.492 e. The molecule has 0 amide bonds. The van der Waals surface area contributed by atoms with Crippen LogP contribution in [-0.2, 0) is 4.74 Å². The number of Topliss-reactive ketones (excluding diaryl/α,β-unsaturated/α-hetero) is 2. The van der Waals surface area contributed by atoms with Gasteiger partial charge in [0, 0.05) is 16.7 Å². The highest BCUT2D eigenvalue weighted by Gasteiger charge is 2.30. The third-order valence-corrected chi connectivity index (χ3v) is 2.51. The summed E-state index contributed by atoms with van der Waals surface area (Å²) in [5, 5.41) is 0. The molecule has 3 heteroatoms. The first-order valence-electron chi connectivity index (χ1n) is 4.60. The van der Waals surface area contributed by atoms with E-state index in [1.807, 2.05) is 0 Å². The van der Waals surface area contributed by atoms with Gasteiger partial charge in [0.1, 0.15) is 0 Å². The lowest BCUT2D eigenvalue weighted by molar-refractivity contribution is 0.0906. The van der Waals surface area contributed by atoms with Gasteiger partial charge < -0.3 is 4.74 Å². The van der Waals surface area contributed by atoms with E-state index in [0.29, 0.717) is 16.7 Å². The van der Waals surface area contributed by atoms with Gasteiger partial charge in [-0.1, -0.05) is 24.3 Å². The molecule has 0 bridgehead atoms. The van der Waals surface area contributed by atoms with Crippen molar-refractivity contribution in [3.8, 4) is 0 Å². The minimum absolute atomic E-state index is 0.137. The number of hydrogen-bond donors (Lipinski definition) is 0. The summed E-state index contributed by atoms with van der Waals surface area (Å²) >= 11 is 0. The van der Waals surface area contributed by atoms with Crippen LogP contribution in [0, 0.1) is 0 Å². The zero-order chi connectivity index (χ0) is 11.0. The highest BCUT2D eigenvalue weighted by Crippen LogP contribution is 2.25. The van der Waals surface area contributed by atoms with Crippen LogP contribution in [0.5, 0.6) is 0 Å². The number of hydrogen-bond acceptors (Lipinski definition) is 3. The molecule has 1 aromatic rings. The van der Waals surface area contributed by atoms with E-state index < -0.39 is 0 Å². The smallest absolute Gasteiger partial charge is 0.228 e. The van der Waals surface area contributed by atoms with Gasteiger partial charge in [0.25, 0.3) is 0 Å². The highest BCUT2D eigenvalue weighted by atomic mass is 16.5. The van der Waals surface area contributed by atoms with E-state index in [4.69, 9.17) is 4.74 Å². The Morgan fingerprint density at radius 2 is 1.53 bits per heavy atom. The van der Waals surface area contributed by atoms with E-state index in [1.54, 1.807) is 31.2 Å². The van der Waals surface area contributed by atoms with Crippen molar-refractivity contribution in [2.75, 3.05) is 7.11 Å². The fourth-order valence-electron chi connectivity index (χ4n) is 1.72. The Labute approximate surface area is 87.4 Å². The van der Waals surface area contributed by atoms with Crippen molar-refractivity contribution in [3.05, 3.63) is 46.7 Å². The average Bonchev–Trinajstić information content (AvgIpc) is 2.27. The second kappa shape index (κ2) is 3.35. The van der Waals surface area contributed by atoms with E-state index in [2.05, 4.69) is 0 Å². The van der Waals surface area contributed by atoms with Crippen LogP contribution in [-0.4, -0.2) is 18.7 Å². The lowest BCUT2D eigenvalue weighted by Crippen LogP contribution is -2.21. The molecule has 76 valence electrons. The van der Waals surface area contributed by atoms with Crippen LogP contribution in [0.4, 0.5) is 0 Å². The molecule has 0 heterocycles. The van der Waals surface area contributed by atoms with Crippen LogP contribution in [0.1, 0.15) is 27.6 Å². The molecule has 0 atom stereocenters. The van der Waals surface area contributed by atoms with Crippen LogP contribution in [0.2, 0.25) is 0 Å². The van der Waals surface area contributed by atoms with Gasteiger partial charge in [-0.15, -0.1) is 0 Å². The molecule has 1 aromatic carbocycles. The Hall–Kier alpha value is -1.90. The molecule has 0 saturated carbocycles. The van der Waals surface area contributed by atoms with E-state index in [9.17, 15) is 9.59 Å². The van der Waals surface area contributed by atoms with Gasteiger partial charge in [-0.25, -0.2) is 0 Å². The molecule has 0 aromatic heterocycles. The lowest BCUT2D eigenvalue weighted by atomic mass is 9.89. The summed E-state index contributed by atoms with van der Waals surface area (Å²) in [6, 6.07) is 6.78. The van der Waals surface area contributed by atoms with Crippen molar-refractivity contribution >= 4 is 11.6 Å². The maximum absolute atomic E-state index is 11.9. The van der Waals surface area contributed by atoms with E-state index >= 15 is 0 Å². The molecule has 3 nitrogen and oxygen atoms in total. The third-order valence-electron chi connectivity index (χ3n) is 2.51. The summed E-state index contributed by atoms with van der Waals surface area (Å²) < 4.78 is 4.95. The first-order chi connectivity index (χ1) is 7.16. The fraction of sp³-hybridized carbons (Fsp3) is 0.167. The highest BCUT2D eigenvalue weighted by molar-refractivity contribution is 6.25. The second-order valence-electron chi connectivity index (χ2n) is 3.36. The number of ether oxygens (including phenoxy) is 1. The van der Waals surface area contributed by atoms with Gasteiger partial charge in [-0.05, 0) is 6.92 Å². The molecule has 0 unspecified atom stereocenters. The molecular formula is C12H10O3. The summed E-state index contributed by atoms with van der Waals surface area (Å²) in [5.74, 6) is -0.203. The lowest BCUT2D eigenvalue weighted by Gasteiger charge is -2.17. The van der Waals surface area contributed by atoms with E-state index in [0.717, 1.165) is 0 Å². The Balaban J connectivity index is 2.68. The normalized spacial score (nSPS) is 15.3. The van der Waals surface area contributed by atoms with Gasteiger partial charge in [-0.2, -0.15) is 0 Å². The zero-order valence-electron chi connectivity index (χ0n) is 8.53. The first kappa shape index (κ1) is 9.65. The van der Waals surface area contributed by atoms with Gasteiger partial charge >= 0.3 is 0 Å². The van der Waals surface area contributed by atoms with Crippen LogP contribution < -0.4 is 0 Å². The molecule has 1 aliphatic rings. The van der Waals surface area contributed by atoms with E-state index in [1.165, 1.54) is 7.11 Å². The number of benzene rings is 1. The number of methoxy groups -OCH3 is 1. The maximum atomic E-state index is 11.9. The molecule has 0 aliphatic heterocycles. The minimum atomic E-state index is -0.217. The van der Waals surface area contributed by atoms with Gasteiger partial charge in [-0.3, -0.25) is 9.59 Å². The summed E-state index contributed by atoms with van der Waals surface area (Å²) in [7, 11) is 1.40. The molecule has 15 heavy (non-hydrogen) atoms. The van der Waals surface area contributed by atoms with Crippen molar-refractivity contribution < 1.29 is 14.3 Å². The Kier molecular flexibility index (Phi) is 2.15. The molecule has 0 radical (unpaired) electrons. The summed E-state index contributed by atoms with van der Waals surface area (Å²) in [5.41, 5.74) is 1.26. The molecule has 0 fully saturated rings. The zero-order valence-corrected chi connectivity index (χ0v) is 8.53. The quantitative estimate of drug-likeness (QED) is 0.699. The third kappa shape index (κ3) is 1.28. The molecular weight excluding hydrogens is 192 g/mol. The summed E-state index contributed by atoms with van der Waals surface area (Å²) in [6.07, 6.45) is 0. The Bertz CT molecular complexity index is 483. The maximum Gasteiger partial charge on any atom is 0.228 e. The number of allylic oxidation sites excluding steroid dienone is 2. The van der Waals surface area contributed by atoms with Crippen molar-refractivity contribution in [2.24, 2.45) is 0 Å². The standard InChI is InChI=1S/C12H10O3/c1-7-10(13)8-5-3-4-6-9(8)11(14)12(7)15-2/h3-6H,1-2H3. The van der Waals surface area contributed by atoms with Crippen molar-refractivity contribution in [1.82, 2.24) is 0 Å². The van der Waals surface area contributed by atoms with Gasteiger partial charge in [0.05, 0.1) is 7.11 Å². The number of carbonyl (C=O) groups excluding carboxylic acids is 2. The van der Waals surface area contributed by atoms with Crippen LogP contribution in [0.15, 0.2) is 35.6 Å². The largest absolute Gasteiger partial charge is 0.492 e. The number of rotatable bonds is 1. The predicted molar refractivity (Wildman–Crippen MR) is 54.8 cm³/mol. The van der Waals surface area contributed by atoms with Crippen LogP contribution in [0.25, 0.3) is 0 Å². The van der Waals surface area contributed by atoms with Crippen LogP contribution in [0.3, 0.4) is 0 Å². The molecule has 0 saturated heterocycles. The van der Waals surface area contributed by atoms with E-state index in [-0.39, 0.29) is 17.3 Å². The Morgan fingerprint density at radius 3 is 2.07 bits per heavy atom. The Morgan fingerprint density at radius 1 is 1.00 bits per heavy atom. The monoisotopic (exact) mass is 202 g/mol. The molecule has 0 N–H and O–H groups in total. The predicted octanol–water partition coefficient (Wildman–Crippen LogP) is 1.99. The van der Waals surface area contributed by atoms with Crippen molar-refractivity contribution in [1.29, 1.82) is 0 Å². The van der Waals surface area contributed by atoms with Crippen LogP contribution >= 0.6 is 0 Å². The van der Waals surface area contributed by atoms with Gasteiger partial charge in [0.2, 0.25) is 5.78 Å². The molecule has 1 aliphatic carbocycles. The number of ketones is 2. The first-order valence-corrected chi connectivity index (χ1v) is 4.60.